The quantitative estimate of drug-likeness (QED) is 0.891. The van der Waals surface area contributed by atoms with Gasteiger partial charge in [-0.05, 0) is 38.0 Å². The van der Waals surface area contributed by atoms with Crippen molar-refractivity contribution in [1.29, 1.82) is 0 Å². The van der Waals surface area contributed by atoms with Crippen molar-refractivity contribution in [1.82, 2.24) is 5.32 Å². The Balaban J connectivity index is 2.12. The van der Waals surface area contributed by atoms with E-state index in [1.165, 1.54) is 16.9 Å². The van der Waals surface area contributed by atoms with Crippen molar-refractivity contribution in [2.75, 3.05) is 18.8 Å². The van der Waals surface area contributed by atoms with Crippen molar-refractivity contribution in [3.05, 3.63) is 29.3 Å². The zero-order valence-corrected chi connectivity index (χ0v) is 11.6. The van der Waals surface area contributed by atoms with Crippen LogP contribution in [-0.4, -0.2) is 24.9 Å². The van der Waals surface area contributed by atoms with Crippen molar-refractivity contribution in [2.45, 2.75) is 32.1 Å². The molecule has 1 saturated heterocycles. The first kappa shape index (κ1) is 12.8. The van der Waals surface area contributed by atoms with Gasteiger partial charge >= 0.3 is 0 Å². The molecule has 1 aliphatic heterocycles. The summed E-state index contributed by atoms with van der Waals surface area (Å²) in [6, 6.07) is 6.58. The lowest BCUT2D eigenvalue weighted by molar-refractivity contribution is 0.240. The van der Waals surface area contributed by atoms with E-state index < -0.39 is 0 Å². The van der Waals surface area contributed by atoms with Crippen LogP contribution < -0.4 is 10.1 Å². The maximum atomic E-state index is 5.76. The fourth-order valence-corrected chi connectivity index (χ4v) is 3.16. The Morgan fingerprint density at radius 1 is 1.41 bits per heavy atom. The summed E-state index contributed by atoms with van der Waals surface area (Å²) in [6.07, 6.45) is 0.241. The molecule has 0 amide bonds. The molecule has 1 atom stereocenters. The van der Waals surface area contributed by atoms with Gasteiger partial charge in [-0.25, -0.2) is 0 Å². The van der Waals surface area contributed by atoms with Gasteiger partial charge in [0.2, 0.25) is 0 Å². The molecule has 0 spiro atoms. The minimum atomic E-state index is 0.241. The van der Waals surface area contributed by atoms with Crippen LogP contribution in [-0.2, 0) is 0 Å². The van der Waals surface area contributed by atoms with Crippen LogP contribution in [0.4, 0.5) is 0 Å². The van der Waals surface area contributed by atoms with Crippen LogP contribution >= 0.6 is 11.8 Å². The number of hydrogen-bond donors (Lipinski definition) is 1. The number of nitrogens with one attached hydrogen (secondary N) is 1. The predicted octanol–water partition coefficient (Wildman–Crippen LogP) is 3.16. The van der Waals surface area contributed by atoms with Gasteiger partial charge in [0.1, 0.15) is 5.75 Å². The lowest BCUT2D eigenvalue weighted by Crippen LogP contribution is -2.28. The SMILES string of the molecule is Cc1cc(C2CNCCS2)ccc1OC(C)C. The lowest BCUT2D eigenvalue weighted by Gasteiger charge is -2.23. The van der Waals surface area contributed by atoms with E-state index in [0.717, 1.165) is 18.8 Å². The molecule has 0 aromatic heterocycles. The summed E-state index contributed by atoms with van der Waals surface area (Å²) in [5, 5.41) is 4.04. The molecule has 1 fully saturated rings. The molecular weight excluding hydrogens is 230 g/mol. The van der Waals surface area contributed by atoms with Gasteiger partial charge in [0.25, 0.3) is 0 Å². The molecule has 0 aliphatic carbocycles. The molecule has 94 valence electrons. The van der Waals surface area contributed by atoms with E-state index in [1.54, 1.807) is 0 Å². The molecule has 2 nitrogen and oxygen atoms in total. The number of ether oxygens (including phenoxy) is 1. The Labute approximate surface area is 108 Å². The van der Waals surface area contributed by atoms with Crippen molar-refractivity contribution in [3.8, 4) is 5.75 Å². The normalized spacial score (nSPS) is 20.6. The van der Waals surface area contributed by atoms with Crippen LogP contribution in [0.3, 0.4) is 0 Å². The fourth-order valence-electron chi connectivity index (χ4n) is 2.04. The number of rotatable bonds is 3. The molecule has 0 bridgehead atoms. The molecule has 1 unspecified atom stereocenters. The first-order valence-electron chi connectivity index (χ1n) is 6.26. The Morgan fingerprint density at radius 2 is 2.24 bits per heavy atom. The van der Waals surface area contributed by atoms with Gasteiger partial charge in [-0.15, -0.1) is 0 Å². The molecular formula is C14H21NOS. The monoisotopic (exact) mass is 251 g/mol. The second-order valence-electron chi connectivity index (χ2n) is 4.76. The zero-order chi connectivity index (χ0) is 12.3. The molecule has 1 aromatic rings. The largest absolute Gasteiger partial charge is 0.491 e. The molecule has 0 saturated carbocycles. The van der Waals surface area contributed by atoms with Gasteiger partial charge in [0, 0.05) is 24.1 Å². The number of thioether (sulfide) groups is 1. The molecule has 1 aromatic carbocycles. The highest BCUT2D eigenvalue weighted by Gasteiger charge is 2.16. The first-order valence-corrected chi connectivity index (χ1v) is 7.31. The van der Waals surface area contributed by atoms with Crippen LogP contribution in [0.5, 0.6) is 5.75 Å². The van der Waals surface area contributed by atoms with Crippen LogP contribution in [0, 0.1) is 6.92 Å². The van der Waals surface area contributed by atoms with E-state index in [2.05, 4.69) is 44.3 Å². The zero-order valence-electron chi connectivity index (χ0n) is 10.8. The van der Waals surface area contributed by atoms with E-state index in [0.29, 0.717) is 5.25 Å². The smallest absolute Gasteiger partial charge is 0.122 e. The topological polar surface area (TPSA) is 21.3 Å². The third kappa shape index (κ3) is 3.39. The molecule has 1 heterocycles. The molecule has 1 N–H and O–H groups in total. The predicted molar refractivity (Wildman–Crippen MR) is 75.0 cm³/mol. The van der Waals surface area contributed by atoms with Crippen LogP contribution in [0.1, 0.15) is 30.2 Å². The fraction of sp³-hybridized carbons (Fsp3) is 0.571. The van der Waals surface area contributed by atoms with Gasteiger partial charge in [-0.2, -0.15) is 11.8 Å². The first-order chi connectivity index (χ1) is 8.16. The van der Waals surface area contributed by atoms with Gasteiger partial charge in [-0.3, -0.25) is 0 Å². The Bertz CT molecular complexity index is 372. The molecule has 0 radical (unpaired) electrons. The van der Waals surface area contributed by atoms with Crippen molar-refractivity contribution >= 4 is 11.8 Å². The average molecular weight is 251 g/mol. The van der Waals surface area contributed by atoms with Crippen molar-refractivity contribution in [3.63, 3.8) is 0 Å². The van der Waals surface area contributed by atoms with Crippen LogP contribution in [0.15, 0.2) is 18.2 Å². The molecule has 3 heteroatoms. The van der Waals surface area contributed by atoms with Crippen molar-refractivity contribution in [2.24, 2.45) is 0 Å². The summed E-state index contributed by atoms with van der Waals surface area (Å²) in [7, 11) is 0. The highest BCUT2D eigenvalue weighted by molar-refractivity contribution is 7.99. The highest BCUT2D eigenvalue weighted by atomic mass is 32.2. The summed E-state index contributed by atoms with van der Waals surface area (Å²) in [5.41, 5.74) is 2.65. The van der Waals surface area contributed by atoms with E-state index in [-0.39, 0.29) is 6.10 Å². The number of hydrogen-bond acceptors (Lipinski definition) is 3. The van der Waals surface area contributed by atoms with Gasteiger partial charge in [-0.1, -0.05) is 12.1 Å². The van der Waals surface area contributed by atoms with E-state index >= 15 is 0 Å². The average Bonchev–Trinajstić information content (AvgIpc) is 2.32. The molecule has 17 heavy (non-hydrogen) atoms. The second-order valence-corrected chi connectivity index (χ2v) is 6.07. The van der Waals surface area contributed by atoms with Crippen LogP contribution in [0.2, 0.25) is 0 Å². The van der Waals surface area contributed by atoms with Gasteiger partial charge in [0.15, 0.2) is 0 Å². The number of aryl methyl sites for hydroxylation is 1. The summed E-state index contributed by atoms with van der Waals surface area (Å²) in [5.74, 6) is 2.21. The standard InChI is InChI=1S/C14H21NOS/c1-10(2)16-13-5-4-12(8-11(13)3)14-9-15-6-7-17-14/h4-5,8,10,14-15H,6-7,9H2,1-3H3. The minimum absolute atomic E-state index is 0.241. The summed E-state index contributed by atoms with van der Waals surface area (Å²) >= 11 is 2.04. The van der Waals surface area contributed by atoms with E-state index in [4.69, 9.17) is 4.74 Å². The maximum Gasteiger partial charge on any atom is 0.122 e. The Morgan fingerprint density at radius 3 is 2.82 bits per heavy atom. The number of benzene rings is 1. The molecule has 1 aliphatic rings. The summed E-state index contributed by atoms with van der Waals surface area (Å²) < 4.78 is 5.76. The second kappa shape index (κ2) is 5.78. The highest BCUT2D eigenvalue weighted by Crippen LogP contribution is 2.32. The van der Waals surface area contributed by atoms with Crippen LogP contribution in [0.25, 0.3) is 0 Å². The van der Waals surface area contributed by atoms with Gasteiger partial charge < -0.3 is 10.1 Å². The molecule has 2 rings (SSSR count). The third-order valence-electron chi connectivity index (χ3n) is 2.86. The van der Waals surface area contributed by atoms with Gasteiger partial charge in [0.05, 0.1) is 6.10 Å². The third-order valence-corrected chi connectivity index (χ3v) is 4.14. The Hall–Kier alpha value is -0.670. The van der Waals surface area contributed by atoms with Crippen molar-refractivity contribution < 1.29 is 4.74 Å². The summed E-state index contributed by atoms with van der Waals surface area (Å²) in [4.78, 5) is 0. The minimum Gasteiger partial charge on any atom is -0.491 e. The summed E-state index contributed by atoms with van der Waals surface area (Å²) in [6.45, 7) is 8.47. The lowest BCUT2D eigenvalue weighted by atomic mass is 10.1. The Kier molecular flexibility index (Phi) is 4.35. The van der Waals surface area contributed by atoms with E-state index in [9.17, 15) is 0 Å². The van der Waals surface area contributed by atoms with E-state index in [1.807, 2.05) is 11.8 Å². The maximum absolute atomic E-state index is 5.76.